The molecule has 28 heavy (non-hydrogen) atoms. The Hall–Kier alpha value is -3.28. The van der Waals surface area contributed by atoms with E-state index < -0.39 is 0 Å². The van der Waals surface area contributed by atoms with Crippen LogP contribution >= 0.6 is 0 Å². The molecule has 4 rings (SSSR count). The van der Waals surface area contributed by atoms with E-state index in [1.165, 1.54) is 24.3 Å². The number of allylic oxidation sites excluding steroid dienone is 1. The number of piperazine rings is 1. The van der Waals surface area contributed by atoms with Gasteiger partial charge in [0.1, 0.15) is 5.70 Å². The maximum atomic E-state index is 13.0. The zero-order valence-corrected chi connectivity index (χ0v) is 15.9. The van der Waals surface area contributed by atoms with Gasteiger partial charge >= 0.3 is 0 Å². The Balaban J connectivity index is 1.57. The smallest absolute Gasteiger partial charge is 0.270 e. The molecule has 1 fully saturated rings. The summed E-state index contributed by atoms with van der Waals surface area (Å²) in [4.78, 5) is 27.5. The number of ketones is 1. The minimum Gasteiger partial charge on any atom is -0.493 e. The average molecular weight is 378 g/mol. The molecule has 2 aliphatic heterocycles. The molecule has 2 aliphatic rings. The van der Waals surface area contributed by atoms with Crippen LogP contribution in [0.4, 0.5) is 0 Å². The summed E-state index contributed by atoms with van der Waals surface area (Å²) in [6.07, 6.45) is 2.20. The van der Waals surface area contributed by atoms with Gasteiger partial charge in [0.25, 0.3) is 5.91 Å². The fourth-order valence-corrected chi connectivity index (χ4v) is 3.87. The first-order valence-electron chi connectivity index (χ1n) is 9.23. The number of methoxy groups -OCH3 is 2. The summed E-state index contributed by atoms with van der Waals surface area (Å²) in [5.74, 6) is 0.628. The highest BCUT2D eigenvalue weighted by Crippen LogP contribution is 2.33. The summed E-state index contributed by atoms with van der Waals surface area (Å²) in [5, 5.41) is 3.15. The van der Waals surface area contributed by atoms with Gasteiger partial charge in [0.05, 0.1) is 20.3 Å². The van der Waals surface area contributed by atoms with E-state index in [-0.39, 0.29) is 17.7 Å². The number of hydrogen-bond acceptors (Lipinski definition) is 5. The quantitative estimate of drug-likeness (QED) is 0.654. The monoisotopic (exact) mass is 378 g/mol. The van der Waals surface area contributed by atoms with E-state index in [4.69, 9.17) is 9.47 Å². The Morgan fingerprint density at radius 3 is 2.71 bits per heavy atom. The van der Waals surface area contributed by atoms with E-state index in [2.05, 4.69) is 17.4 Å². The van der Waals surface area contributed by atoms with E-state index in [0.29, 0.717) is 35.8 Å². The number of amides is 1. The van der Waals surface area contributed by atoms with Gasteiger partial charge < -0.3 is 19.7 Å². The number of carbonyl (C=O) groups is 2. The maximum Gasteiger partial charge on any atom is 0.270 e. The molecule has 6 nitrogen and oxygen atoms in total. The van der Waals surface area contributed by atoms with Crippen molar-refractivity contribution in [3.8, 4) is 11.5 Å². The zero-order chi connectivity index (χ0) is 19.7. The Morgan fingerprint density at radius 2 is 1.93 bits per heavy atom. The Kier molecular flexibility index (Phi) is 4.77. The molecule has 0 spiro atoms. The number of hydrogen-bond donors (Lipinski definition) is 1. The van der Waals surface area contributed by atoms with Crippen LogP contribution in [0.3, 0.4) is 0 Å². The lowest BCUT2D eigenvalue weighted by Gasteiger charge is -2.41. The highest BCUT2D eigenvalue weighted by molar-refractivity contribution is 6.10. The number of carbonyl (C=O) groups excluding carboxylic acids is 2. The van der Waals surface area contributed by atoms with Crippen LogP contribution in [-0.2, 0) is 11.2 Å². The number of nitrogens with zero attached hydrogens (tertiary/aromatic N) is 1. The summed E-state index contributed by atoms with van der Waals surface area (Å²) in [7, 11) is 3.06. The SMILES string of the molecule is COc1ccc(C(=O)/C=C2/NCC3c4ccccc4CCN3C2=O)cc1OC. The highest BCUT2D eigenvalue weighted by atomic mass is 16.5. The van der Waals surface area contributed by atoms with E-state index in [1.807, 2.05) is 17.0 Å². The molecule has 1 saturated heterocycles. The minimum absolute atomic E-state index is 0.00535. The van der Waals surface area contributed by atoms with Crippen molar-refractivity contribution in [2.45, 2.75) is 12.5 Å². The molecule has 0 bridgehead atoms. The van der Waals surface area contributed by atoms with Crippen molar-refractivity contribution in [3.05, 3.63) is 70.9 Å². The number of fused-ring (bicyclic) bond motifs is 3. The van der Waals surface area contributed by atoms with E-state index in [9.17, 15) is 9.59 Å². The second-order valence-corrected chi connectivity index (χ2v) is 6.84. The van der Waals surface area contributed by atoms with E-state index in [1.54, 1.807) is 25.3 Å². The molecule has 1 N–H and O–H groups in total. The molecule has 2 heterocycles. The molecule has 1 unspecified atom stereocenters. The Morgan fingerprint density at radius 1 is 1.14 bits per heavy atom. The maximum absolute atomic E-state index is 13.0. The van der Waals surface area contributed by atoms with Crippen LogP contribution < -0.4 is 14.8 Å². The van der Waals surface area contributed by atoms with Gasteiger partial charge in [-0.25, -0.2) is 0 Å². The summed E-state index contributed by atoms with van der Waals surface area (Å²) < 4.78 is 10.5. The normalized spacial score (nSPS) is 19.5. The molecule has 0 aromatic heterocycles. The van der Waals surface area contributed by atoms with Crippen LogP contribution in [0, 0.1) is 0 Å². The van der Waals surface area contributed by atoms with Gasteiger partial charge in [-0.2, -0.15) is 0 Å². The van der Waals surface area contributed by atoms with Gasteiger partial charge in [-0.3, -0.25) is 9.59 Å². The Labute approximate surface area is 163 Å². The van der Waals surface area contributed by atoms with Gasteiger partial charge in [-0.1, -0.05) is 24.3 Å². The van der Waals surface area contributed by atoms with Gasteiger partial charge in [-0.15, -0.1) is 0 Å². The van der Waals surface area contributed by atoms with Crippen molar-refractivity contribution in [1.82, 2.24) is 10.2 Å². The van der Waals surface area contributed by atoms with Crippen LogP contribution in [0.5, 0.6) is 11.5 Å². The van der Waals surface area contributed by atoms with Crippen LogP contribution in [0.2, 0.25) is 0 Å². The molecular formula is C22H22N2O4. The number of benzene rings is 2. The standard InChI is InChI=1S/C22H22N2O4/c1-27-20-8-7-15(11-21(20)28-2)19(25)12-17-22(26)24-10-9-14-5-3-4-6-16(14)18(24)13-23-17/h3-8,11-12,18,23H,9-10,13H2,1-2H3/b17-12+. The largest absolute Gasteiger partial charge is 0.493 e. The second-order valence-electron chi connectivity index (χ2n) is 6.84. The number of nitrogens with one attached hydrogen (secondary N) is 1. The van der Waals surface area contributed by atoms with Crippen molar-refractivity contribution in [1.29, 1.82) is 0 Å². The summed E-state index contributed by atoms with van der Waals surface area (Å²) in [6.45, 7) is 1.25. The van der Waals surface area contributed by atoms with E-state index in [0.717, 1.165) is 6.42 Å². The molecule has 6 heteroatoms. The highest BCUT2D eigenvalue weighted by Gasteiger charge is 2.36. The lowest BCUT2D eigenvalue weighted by Crippen LogP contribution is -2.51. The second kappa shape index (κ2) is 7.38. The van der Waals surface area contributed by atoms with Gasteiger partial charge in [-0.05, 0) is 35.7 Å². The Bertz CT molecular complexity index is 967. The minimum atomic E-state index is -0.257. The summed E-state index contributed by atoms with van der Waals surface area (Å²) in [5.41, 5.74) is 3.23. The predicted molar refractivity (Wildman–Crippen MR) is 105 cm³/mol. The van der Waals surface area contributed by atoms with Crippen LogP contribution in [-0.4, -0.2) is 43.9 Å². The third-order valence-corrected chi connectivity index (χ3v) is 5.33. The number of rotatable bonds is 4. The molecule has 0 radical (unpaired) electrons. The lowest BCUT2D eigenvalue weighted by atomic mass is 9.90. The molecule has 1 atom stereocenters. The van der Waals surface area contributed by atoms with Crippen LogP contribution in [0.1, 0.15) is 27.5 Å². The van der Waals surface area contributed by atoms with Gasteiger partial charge in [0, 0.05) is 24.7 Å². The third kappa shape index (κ3) is 3.11. The molecular weight excluding hydrogens is 356 g/mol. The fraction of sp³-hybridized carbons (Fsp3) is 0.273. The molecule has 144 valence electrons. The van der Waals surface area contributed by atoms with E-state index >= 15 is 0 Å². The van der Waals surface area contributed by atoms with Gasteiger partial charge in [0.2, 0.25) is 0 Å². The van der Waals surface area contributed by atoms with Crippen molar-refractivity contribution >= 4 is 11.7 Å². The molecule has 2 aromatic rings. The van der Waals surface area contributed by atoms with Gasteiger partial charge in [0.15, 0.2) is 17.3 Å². The van der Waals surface area contributed by atoms with Crippen molar-refractivity contribution in [2.75, 3.05) is 27.3 Å². The van der Waals surface area contributed by atoms with Crippen LogP contribution in [0.15, 0.2) is 54.2 Å². The predicted octanol–water partition coefficient (Wildman–Crippen LogP) is 2.50. The first-order chi connectivity index (χ1) is 13.6. The molecule has 2 aromatic carbocycles. The zero-order valence-electron chi connectivity index (χ0n) is 15.9. The fourth-order valence-electron chi connectivity index (χ4n) is 3.87. The number of ether oxygens (including phenoxy) is 2. The molecule has 0 saturated carbocycles. The molecule has 0 aliphatic carbocycles. The average Bonchev–Trinajstić information content (AvgIpc) is 2.74. The first-order valence-corrected chi connectivity index (χ1v) is 9.23. The summed E-state index contributed by atoms with van der Waals surface area (Å²) in [6, 6.07) is 13.2. The van der Waals surface area contributed by atoms with Crippen molar-refractivity contribution in [2.24, 2.45) is 0 Å². The topological polar surface area (TPSA) is 67.9 Å². The van der Waals surface area contributed by atoms with Crippen molar-refractivity contribution in [3.63, 3.8) is 0 Å². The lowest BCUT2D eigenvalue weighted by molar-refractivity contribution is -0.132. The third-order valence-electron chi connectivity index (χ3n) is 5.33. The van der Waals surface area contributed by atoms with Crippen LogP contribution in [0.25, 0.3) is 0 Å². The van der Waals surface area contributed by atoms with Crippen molar-refractivity contribution < 1.29 is 19.1 Å². The summed E-state index contributed by atoms with van der Waals surface area (Å²) >= 11 is 0. The first kappa shape index (κ1) is 18.1. The molecule has 1 amide bonds.